The van der Waals surface area contributed by atoms with Crippen LogP contribution in [-0.2, 0) is 24.1 Å². The fourth-order valence-corrected chi connectivity index (χ4v) is 7.31. The predicted octanol–water partition coefficient (Wildman–Crippen LogP) is 4.78. The van der Waals surface area contributed by atoms with Crippen LogP contribution in [0.2, 0.25) is 0 Å². The van der Waals surface area contributed by atoms with Crippen LogP contribution in [0.3, 0.4) is 0 Å². The minimum absolute atomic E-state index is 0.0528. The molecule has 44 heavy (non-hydrogen) atoms. The Bertz CT molecular complexity index is 1930. The highest BCUT2D eigenvalue weighted by atomic mass is 32.2. The lowest BCUT2D eigenvalue weighted by Gasteiger charge is -2.19. The van der Waals surface area contributed by atoms with Crippen molar-refractivity contribution in [1.82, 2.24) is 0 Å². The second-order valence-corrected chi connectivity index (χ2v) is 12.1. The van der Waals surface area contributed by atoms with Crippen LogP contribution in [0.25, 0.3) is 11.1 Å². The maximum absolute atomic E-state index is 13.2. The van der Waals surface area contributed by atoms with Crippen LogP contribution < -0.4 is 14.8 Å². The van der Waals surface area contributed by atoms with Crippen LogP contribution in [-0.4, -0.2) is 59.5 Å². The van der Waals surface area contributed by atoms with E-state index in [-0.39, 0.29) is 43.7 Å². The summed E-state index contributed by atoms with van der Waals surface area (Å²) in [6, 6.07) is 14.5. The van der Waals surface area contributed by atoms with E-state index in [1.54, 1.807) is 36.6 Å². The number of rotatable bonds is 9. The van der Waals surface area contributed by atoms with Gasteiger partial charge in [0.05, 0.1) is 36.2 Å². The first-order chi connectivity index (χ1) is 21.1. The summed E-state index contributed by atoms with van der Waals surface area (Å²) in [6.07, 6.45) is 0. The smallest absolute Gasteiger partial charge is 0.341 e. The minimum atomic E-state index is -4.07. The molecule has 5 rings (SSSR count). The molecule has 0 bridgehead atoms. The molecule has 0 atom stereocenters. The van der Waals surface area contributed by atoms with E-state index in [2.05, 4.69) is 5.32 Å². The summed E-state index contributed by atoms with van der Waals surface area (Å²) in [4.78, 5) is 50.9. The Morgan fingerprint density at radius 1 is 0.818 bits per heavy atom. The maximum atomic E-state index is 13.2. The van der Waals surface area contributed by atoms with Gasteiger partial charge in [0, 0.05) is 22.1 Å². The number of fused-ring (bicyclic) bond motifs is 2. The normalized spacial score (nSPS) is 12.8. The fourth-order valence-electron chi connectivity index (χ4n) is 4.66. The molecule has 1 N–H and O–H groups in total. The third kappa shape index (κ3) is 5.54. The van der Waals surface area contributed by atoms with Gasteiger partial charge in [-0.15, -0.1) is 11.3 Å². The Hall–Kier alpha value is -5.01. The maximum Gasteiger partial charge on any atom is 0.341 e. The Labute approximate surface area is 256 Å². The van der Waals surface area contributed by atoms with Crippen LogP contribution in [0, 0.1) is 0 Å². The summed E-state index contributed by atoms with van der Waals surface area (Å²) < 4.78 is 47.4. The van der Waals surface area contributed by atoms with Crippen molar-refractivity contribution in [3.8, 4) is 22.6 Å². The number of ketones is 1. The summed E-state index contributed by atoms with van der Waals surface area (Å²) in [6.45, 7) is 1.01. The highest BCUT2D eigenvalue weighted by Crippen LogP contribution is 2.40. The molecule has 0 aliphatic carbocycles. The van der Waals surface area contributed by atoms with Gasteiger partial charge in [-0.2, -0.15) is 0 Å². The summed E-state index contributed by atoms with van der Waals surface area (Å²) >= 11 is 1.07. The zero-order valence-corrected chi connectivity index (χ0v) is 25.3. The number of esters is 2. The molecule has 0 unspecified atom stereocenters. The van der Waals surface area contributed by atoms with E-state index in [9.17, 15) is 27.6 Å². The van der Waals surface area contributed by atoms with Gasteiger partial charge in [0.15, 0.2) is 23.9 Å². The molecule has 3 aromatic carbocycles. The molecule has 2 heterocycles. The fraction of sp³-hybridized carbons (Fsp3) is 0.161. The first kappa shape index (κ1) is 30.4. The van der Waals surface area contributed by atoms with Crippen molar-refractivity contribution in [2.45, 2.75) is 16.7 Å². The van der Waals surface area contributed by atoms with Gasteiger partial charge < -0.3 is 24.3 Å². The van der Waals surface area contributed by atoms with Gasteiger partial charge in [0.2, 0.25) is 9.84 Å². The van der Waals surface area contributed by atoms with Crippen LogP contribution in [0.5, 0.6) is 11.5 Å². The van der Waals surface area contributed by atoms with Crippen molar-refractivity contribution in [2.75, 3.05) is 32.8 Å². The molecule has 1 aromatic heterocycles. The van der Waals surface area contributed by atoms with E-state index in [0.29, 0.717) is 22.6 Å². The van der Waals surface area contributed by atoms with E-state index < -0.39 is 40.1 Å². The number of benzene rings is 3. The molecule has 0 saturated carbocycles. The van der Waals surface area contributed by atoms with Gasteiger partial charge in [-0.1, -0.05) is 18.2 Å². The number of sulfone groups is 1. The zero-order valence-electron chi connectivity index (χ0n) is 23.7. The van der Waals surface area contributed by atoms with Gasteiger partial charge >= 0.3 is 11.9 Å². The standard InChI is InChI=1S/C31H25NO10S2/c1-4-41-31(36)27-21(17-10-12-22(39-2)23(13-17)40-3)16-43-29(27)32-26(33)15-42-30(35)18-9-11-20-25(14-18)44(37,38)24-8-6-5-7-19(24)28(20)34/h5-14,16H,4,15H2,1-3H3,(H,32,33). The summed E-state index contributed by atoms with van der Waals surface area (Å²) in [5.41, 5.74) is 1.02. The molecule has 11 nitrogen and oxygen atoms in total. The van der Waals surface area contributed by atoms with E-state index in [0.717, 1.165) is 17.4 Å². The van der Waals surface area contributed by atoms with Crippen LogP contribution >= 0.6 is 11.3 Å². The van der Waals surface area contributed by atoms with E-state index >= 15 is 0 Å². The molecule has 1 aliphatic heterocycles. The average molecular weight is 636 g/mol. The molecular formula is C31H25NO10S2. The minimum Gasteiger partial charge on any atom is -0.493 e. The molecule has 13 heteroatoms. The molecule has 0 saturated heterocycles. The number of nitrogens with one attached hydrogen (secondary N) is 1. The highest BCUT2D eigenvalue weighted by Gasteiger charge is 2.35. The van der Waals surface area contributed by atoms with Gasteiger partial charge in [-0.3, -0.25) is 9.59 Å². The van der Waals surface area contributed by atoms with Crippen molar-refractivity contribution >= 4 is 49.8 Å². The summed E-state index contributed by atoms with van der Waals surface area (Å²) in [5, 5.41) is 4.42. The molecule has 4 aromatic rings. The van der Waals surface area contributed by atoms with Crippen LogP contribution in [0.1, 0.15) is 43.6 Å². The first-order valence-corrected chi connectivity index (χ1v) is 15.5. The van der Waals surface area contributed by atoms with Crippen LogP contribution in [0.15, 0.2) is 75.8 Å². The molecular weight excluding hydrogens is 610 g/mol. The lowest BCUT2D eigenvalue weighted by atomic mass is 10.0. The van der Waals surface area contributed by atoms with Crippen molar-refractivity contribution in [3.05, 3.63) is 88.3 Å². The molecule has 1 amide bonds. The summed E-state index contributed by atoms with van der Waals surface area (Å²) in [5.74, 6) is -1.95. The first-order valence-electron chi connectivity index (χ1n) is 13.1. The number of hydrogen-bond donors (Lipinski definition) is 1. The molecule has 0 fully saturated rings. The molecule has 1 aliphatic rings. The predicted molar refractivity (Wildman–Crippen MR) is 159 cm³/mol. The van der Waals surface area contributed by atoms with E-state index in [1.165, 1.54) is 44.6 Å². The van der Waals surface area contributed by atoms with Crippen LogP contribution in [0.4, 0.5) is 5.00 Å². The second-order valence-electron chi connectivity index (χ2n) is 9.31. The quantitative estimate of drug-likeness (QED) is 0.224. The van der Waals surface area contributed by atoms with Gasteiger partial charge in [0.1, 0.15) is 10.6 Å². The van der Waals surface area contributed by atoms with Crippen molar-refractivity contribution < 1.29 is 46.5 Å². The van der Waals surface area contributed by atoms with Gasteiger partial charge in [-0.25, -0.2) is 18.0 Å². The summed E-state index contributed by atoms with van der Waals surface area (Å²) in [7, 11) is -1.09. The number of carbonyl (C=O) groups excluding carboxylic acids is 4. The lowest BCUT2D eigenvalue weighted by Crippen LogP contribution is -2.23. The topological polar surface area (TPSA) is 151 Å². The number of amides is 1. The second kappa shape index (κ2) is 12.3. The number of anilines is 1. The number of ether oxygens (including phenoxy) is 4. The van der Waals surface area contributed by atoms with Gasteiger partial charge in [0.25, 0.3) is 5.91 Å². The van der Waals surface area contributed by atoms with Crippen molar-refractivity contribution in [3.63, 3.8) is 0 Å². The van der Waals surface area contributed by atoms with Crippen molar-refractivity contribution in [2.24, 2.45) is 0 Å². The number of methoxy groups -OCH3 is 2. The Balaban J connectivity index is 1.34. The number of hydrogen-bond acceptors (Lipinski definition) is 11. The van der Waals surface area contributed by atoms with E-state index in [4.69, 9.17) is 18.9 Å². The SMILES string of the molecule is CCOC(=O)c1c(-c2ccc(OC)c(OC)c2)csc1NC(=O)COC(=O)c1ccc2c(c1)S(=O)(=O)c1ccccc1C2=O. The zero-order chi connectivity index (χ0) is 31.6. The Morgan fingerprint density at radius 3 is 2.27 bits per heavy atom. The Morgan fingerprint density at radius 2 is 1.55 bits per heavy atom. The van der Waals surface area contributed by atoms with Gasteiger partial charge in [-0.05, 0) is 55.0 Å². The lowest BCUT2D eigenvalue weighted by molar-refractivity contribution is -0.119. The average Bonchev–Trinajstić information content (AvgIpc) is 3.45. The monoisotopic (exact) mass is 635 g/mol. The third-order valence-corrected chi connectivity index (χ3v) is 9.47. The molecule has 0 spiro atoms. The molecule has 0 radical (unpaired) electrons. The molecule has 226 valence electrons. The largest absolute Gasteiger partial charge is 0.493 e. The Kier molecular flexibility index (Phi) is 8.52. The van der Waals surface area contributed by atoms with Crippen molar-refractivity contribution in [1.29, 1.82) is 0 Å². The highest BCUT2D eigenvalue weighted by molar-refractivity contribution is 7.91. The third-order valence-electron chi connectivity index (χ3n) is 6.73. The number of thiophene rings is 1. The van der Waals surface area contributed by atoms with E-state index in [1.807, 2.05) is 0 Å². The number of carbonyl (C=O) groups is 4.